The summed E-state index contributed by atoms with van der Waals surface area (Å²) in [5, 5.41) is 3.10. The molecule has 0 saturated carbocycles. The minimum Gasteiger partial charge on any atom is -0.383 e. The molecule has 0 radical (unpaired) electrons. The quantitative estimate of drug-likeness (QED) is 0.502. The lowest BCUT2D eigenvalue weighted by Crippen LogP contribution is -2.44. The number of carbonyl (C=O) groups is 1. The van der Waals surface area contributed by atoms with Crippen molar-refractivity contribution in [3.05, 3.63) is 102 Å². The van der Waals surface area contributed by atoms with Crippen molar-refractivity contribution < 1.29 is 17.9 Å². The lowest BCUT2D eigenvalue weighted by atomic mass is 9.84. The van der Waals surface area contributed by atoms with Gasteiger partial charge < -0.3 is 10.1 Å². The molecule has 162 valence electrons. The van der Waals surface area contributed by atoms with E-state index in [0.717, 1.165) is 11.1 Å². The van der Waals surface area contributed by atoms with Crippen LogP contribution in [0.2, 0.25) is 0 Å². The van der Waals surface area contributed by atoms with Crippen LogP contribution < -0.4 is 10.0 Å². The van der Waals surface area contributed by atoms with Crippen molar-refractivity contribution in [1.82, 2.24) is 10.0 Å². The SMILES string of the molecule is COCCNS(=O)(=O)c1cccc(C(=O)NC(C)(c2ccccc2)c2ccccc2)c1. The second-order valence-corrected chi connectivity index (χ2v) is 9.00. The van der Waals surface area contributed by atoms with Gasteiger partial charge in [-0.3, -0.25) is 4.79 Å². The molecule has 0 aromatic heterocycles. The zero-order valence-electron chi connectivity index (χ0n) is 17.5. The number of rotatable bonds is 9. The molecule has 6 nitrogen and oxygen atoms in total. The number of benzene rings is 3. The van der Waals surface area contributed by atoms with E-state index in [1.165, 1.54) is 19.2 Å². The summed E-state index contributed by atoms with van der Waals surface area (Å²) in [5.41, 5.74) is 1.29. The number of methoxy groups -OCH3 is 1. The summed E-state index contributed by atoms with van der Waals surface area (Å²) in [6, 6.07) is 25.3. The highest BCUT2D eigenvalue weighted by atomic mass is 32.2. The van der Waals surface area contributed by atoms with Gasteiger partial charge in [-0.05, 0) is 36.2 Å². The lowest BCUT2D eigenvalue weighted by Gasteiger charge is -2.32. The molecule has 1 amide bonds. The Bertz CT molecular complexity index is 1080. The molecular weight excluding hydrogens is 412 g/mol. The van der Waals surface area contributed by atoms with Gasteiger partial charge in [-0.1, -0.05) is 66.7 Å². The van der Waals surface area contributed by atoms with E-state index in [2.05, 4.69) is 10.0 Å². The van der Waals surface area contributed by atoms with Gasteiger partial charge in [0.15, 0.2) is 0 Å². The smallest absolute Gasteiger partial charge is 0.252 e. The Hall–Kier alpha value is -3.00. The molecule has 3 aromatic rings. The molecule has 2 N–H and O–H groups in total. The molecule has 7 heteroatoms. The average Bonchev–Trinajstić information content (AvgIpc) is 2.80. The van der Waals surface area contributed by atoms with E-state index < -0.39 is 15.6 Å². The van der Waals surface area contributed by atoms with E-state index in [9.17, 15) is 13.2 Å². The van der Waals surface area contributed by atoms with Crippen molar-refractivity contribution in [3.63, 3.8) is 0 Å². The fourth-order valence-corrected chi connectivity index (χ4v) is 4.38. The first kappa shape index (κ1) is 22.7. The molecule has 0 aliphatic rings. The Morgan fingerprint density at radius 2 is 1.48 bits per heavy atom. The van der Waals surface area contributed by atoms with Crippen molar-refractivity contribution >= 4 is 15.9 Å². The highest BCUT2D eigenvalue weighted by Crippen LogP contribution is 2.29. The van der Waals surface area contributed by atoms with Crippen molar-refractivity contribution in [3.8, 4) is 0 Å². The highest BCUT2D eigenvalue weighted by Gasteiger charge is 2.31. The van der Waals surface area contributed by atoms with Gasteiger partial charge in [0, 0.05) is 19.2 Å². The molecule has 0 saturated heterocycles. The summed E-state index contributed by atoms with van der Waals surface area (Å²) in [6.45, 7) is 2.34. The van der Waals surface area contributed by atoms with Crippen LogP contribution >= 0.6 is 0 Å². The molecular formula is C24H26N2O4S. The van der Waals surface area contributed by atoms with Crippen LogP contribution in [0.4, 0.5) is 0 Å². The molecule has 3 rings (SSSR count). The minimum atomic E-state index is -3.75. The van der Waals surface area contributed by atoms with Gasteiger partial charge in [0.25, 0.3) is 5.91 Å². The maximum Gasteiger partial charge on any atom is 0.252 e. The van der Waals surface area contributed by atoms with Gasteiger partial charge in [0.1, 0.15) is 0 Å². The Kier molecular flexibility index (Phi) is 7.22. The van der Waals surface area contributed by atoms with Crippen LogP contribution in [0.1, 0.15) is 28.4 Å². The van der Waals surface area contributed by atoms with Crippen molar-refractivity contribution in [2.45, 2.75) is 17.4 Å². The number of hydrogen-bond acceptors (Lipinski definition) is 4. The maximum absolute atomic E-state index is 13.2. The lowest BCUT2D eigenvalue weighted by molar-refractivity contribution is 0.0918. The number of ether oxygens (including phenoxy) is 1. The van der Waals surface area contributed by atoms with Crippen LogP contribution in [0.25, 0.3) is 0 Å². The molecule has 0 aliphatic carbocycles. The monoisotopic (exact) mass is 438 g/mol. The Morgan fingerprint density at radius 3 is 2.03 bits per heavy atom. The van der Waals surface area contributed by atoms with Crippen molar-refractivity contribution in [2.24, 2.45) is 0 Å². The molecule has 0 atom stereocenters. The van der Waals surface area contributed by atoms with Crippen LogP contribution in [0.5, 0.6) is 0 Å². The first-order valence-electron chi connectivity index (χ1n) is 9.89. The molecule has 0 fully saturated rings. The minimum absolute atomic E-state index is 0.0254. The van der Waals surface area contributed by atoms with E-state index >= 15 is 0 Å². The summed E-state index contributed by atoms with van der Waals surface area (Å²) in [5.74, 6) is -0.371. The standard InChI is InChI=1S/C24H26N2O4S/c1-24(20-11-5-3-6-12-20,21-13-7-4-8-14-21)26-23(27)19-10-9-15-22(18-19)31(28,29)25-16-17-30-2/h3-15,18,25H,16-17H2,1-2H3,(H,26,27). The molecule has 0 aliphatic heterocycles. The second kappa shape index (κ2) is 9.87. The molecule has 0 heterocycles. The fraction of sp³-hybridized carbons (Fsp3) is 0.208. The zero-order chi connectivity index (χ0) is 22.3. The highest BCUT2D eigenvalue weighted by molar-refractivity contribution is 7.89. The van der Waals surface area contributed by atoms with Crippen LogP contribution in [0.15, 0.2) is 89.8 Å². The first-order chi connectivity index (χ1) is 14.9. The van der Waals surface area contributed by atoms with Gasteiger partial charge in [0.05, 0.1) is 17.0 Å². The van der Waals surface area contributed by atoms with E-state index in [1.807, 2.05) is 67.6 Å². The third kappa shape index (κ3) is 5.38. The first-order valence-corrected chi connectivity index (χ1v) is 11.4. The van der Waals surface area contributed by atoms with Gasteiger partial charge in [0.2, 0.25) is 10.0 Å². The van der Waals surface area contributed by atoms with E-state index in [1.54, 1.807) is 12.1 Å². The third-order valence-corrected chi connectivity index (χ3v) is 6.53. The number of nitrogens with one attached hydrogen (secondary N) is 2. The number of amides is 1. The summed E-state index contributed by atoms with van der Waals surface area (Å²) in [4.78, 5) is 13.2. The summed E-state index contributed by atoms with van der Waals surface area (Å²) in [6.07, 6.45) is 0. The van der Waals surface area contributed by atoms with Crippen LogP contribution in [-0.4, -0.2) is 34.6 Å². The summed E-state index contributed by atoms with van der Waals surface area (Å²) >= 11 is 0. The third-order valence-electron chi connectivity index (χ3n) is 5.07. The van der Waals surface area contributed by atoms with Gasteiger partial charge in [-0.2, -0.15) is 0 Å². The molecule has 0 bridgehead atoms. The maximum atomic E-state index is 13.2. The topological polar surface area (TPSA) is 84.5 Å². The molecule has 3 aromatic carbocycles. The van der Waals surface area contributed by atoms with Crippen LogP contribution in [-0.2, 0) is 20.3 Å². The predicted octanol–water partition coefficient (Wildman–Crippen LogP) is 3.30. The van der Waals surface area contributed by atoms with Crippen LogP contribution in [0, 0.1) is 0 Å². The normalized spacial score (nSPS) is 11.8. The van der Waals surface area contributed by atoms with Crippen molar-refractivity contribution in [1.29, 1.82) is 0 Å². The van der Waals surface area contributed by atoms with E-state index in [4.69, 9.17) is 4.74 Å². The Labute approximate surface area is 183 Å². The Balaban J connectivity index is 1.92. The molecule has 0 spiro atoms. The molecule has 31 heavy (non-hydrogen) atoms. The second-order valence-electron chi connectivity index (χ2n) is 7.23. The zero-order valence-corrected chi connectivity index (χ0v) is 18.4. The summed E-state index contributed by atoms with van der Waals surface area (Å²) in [7, 11) is -2.25. The van der Waals surface area contributed by atoms with Crippen LogP contribution in [0.3, 0.4) is 0 Å². The van der Waals surface area contributed by atoms with Gasteiger partial charge in [-0.25, -0.2) is 13.1 Å². The van der Waals surface area contributed by atoms with Crippen molar-refractivity contribution in [2.75, 3.05) is 20.3 Å². The van der Waals surface area contributed by atoms with Gasteiger partial charge >= 0.3 is 0 Å². The number of carbonyl (C=O) groups excluding carboxylic acids is 1. The van der Waals surface area contributed by atoms with E-state index in [0.29, 0.717) is 0 Å². The number of hydrogen-bond donors (Lipinski definition) is 2. The Morgan fingerprint density at radius 1 is 0.903 bits per heavy atom. The number of sulfonamides is 1. The summed E-state index contributed by atoms with van der Waals surface area (Å²) < 4.78 is 32.4. The molecule has 0 unspecified atom stereocenters. The average molecular weight is 439 g/mol. The van der Waals surface area contributed by atoms with Gasteiger partial charge in [-0.15, -0.1) is 0 Å². The van der Waals surface area contributed by atoms with E-state index in [-0.39, 0.29) is 29.5 Å². The predicted molar refractivity (Wildman–Crippen MR) is 120 cm³/mol. The largest absolute Gasteiger partial charge is 0.383 e. The fourth-order valence-electron chi connectivity index (χ4n) is 3.32.